The highest BCUT2D eigenvalue weighted by Crippen LogP contribution is 2.27. The fourth-order valence-corrected chi connectivity index (χ4v) is 2.90. The lowest BCUT2D eigenvalue weighted by Crippen LogP contribution is -2.54. The molecule has 8 heteroatoms. The molecule has 1 aliphatic heterocycles. The molecular weight excluding hydrogens is 426 g/mol. The minimum Gasteiger partial charge on any atom is -0.478 e. The van der Waals surface area contributed by atoms with Crippen molar-refractivity contribution in [3.05, 3.63) is 63.6 Å². The van der Waals surface area contributed by atoms with E-state index in [0.29, 0.717) is 17.0 Å². The summed E-state index contributed by atoms with van der Waals surface area (Å²) in [7, 11) is 0. The molecule has 0 atom stereocenters. The average Bonchev–Trinajstić information content (AvgIpc) is 2.67. The second-order valence-electron chi connectivity index (χ2n) is 5.88. The first-order valence-electron chi connectivity index (χ1n) is 8.18. The number of anilines is 1. The van der Waals surface area contributed by atoms with Crippen LogP contribution < -0.4 is 15.0 Å². The van der Waals surface area contributed by atoms with Gasteiger partial charge < -0.3 is 4.74 Å². The topological polar surface area (TPSA) is 99.5 Å². The van der Waals surface area contributed by atoms with Crippen molar-refractivity contribution >= 4 is 45.5 Å². The largest absolute Gasteiger partial charge is 0.478 e. The van der Waals surface area contributed by atoms with Crippen molar-refractivity contribution in [3.63, 3.8) is 0 Å². The number of benzene rings is 2. The number of ether oxygens (including phenoxy) is 1. The second-order valence-corrected chi connectivity index (χ2v) is 6.73. The molecule has 1 fully saturated rings. The third-order valence-electron chi connectivity index (χ3n) is 4.01. The molecule has 1 N–H and O–H groups in total. The molecular formula is C20H14BrN3O4. The lowest BCUT2D eigenvalue weighted by molar-refractivity contribution is -0.122. The molecule has 0 aliphatic carbocycles. The number of imide groups is 2. The zero-order chi connectivity index (χ0) is 20.3. The molecule has 7 nitrogen and oxygen atoms in total. The minimum atomic E-state index is -0.817. The van der Waals surface area contributed by atoms with Crippen molar-refractivity contribution in [1.82, 2.24) is 5.32 Å². The van der Waals surface area contributed by atoms with E-state index in [1.807, 2.05) is 13.0 Å². The van der Waals surface area contributed by atoms with Gasteiger partial charge in [0.2, 0.25) is 0 Å². The number of amides is 4. The molecule has 2 aromatic rings. The highest BCUT2D eigenvalue weighted by Gasteiger charge is 2.37. The van der Waals surface area contributed by atoms with Crippen molar-refractivity contribution in [2.45, 2.75) is 6.92 Å². The van der Waals surface area contributed by atoms with Crippen molar-refractivity contribution in [3.8, 4) is 11.8 Å². The van der Waals surface area contributed by atoms with E-state index in [2.05, 4.69) is 21.2 Å². The standard InChI is InChI=1S/C20H14BrN3O4/c1-12-10-14(6-7-16(12)21)24-19(26)15(18(25)23-20(24)27)11-13-4-2-3-5-17(13)28-9-8-22/h2-7,10-11H,9H2,1H3,(H,23,25,27)/b15-11+. The van der Waals surface area contributed by atoms with Gasteiger partial charge in [0, 0.05) is 10.0 Å². The van der Waals surface area contributed by atoms with Crippen molar-refractivity contribution in [2.75, 3.05) is 11.5 Å². The van der Waals surface area contributed by atoms with Crippen LogP contribution in [0.25, 0.3) is 6.08 Å². The second kappa shape index (κ2) is 8.06. The molecule has 0 spiro atoms. The number of carbonyl (C=O) groups is 3. The summed E-state index contributed by atoms with van der Waals surface area (Å²) < 4.78 is 6.16. The number of aryl methyl sites for hydroxylation is 1. The number of halogens is 1. The van der Waals surface area contributed by atoms with Gasteiger partial charge in [-0.2, -0.15) is 5.26 Å². The molecule has 28 heavy (non-hydrogen) atoms. The van der Waals surface area contributed by atoms with Gasteiger partial charge in [-0.1, -0.05) is 34.1 Å². The van der Waals surface area contributed by atoms with E-state index in [4.69, 9.17) is 10.00 Å². The van der Waals surface area contributed by atoms with Crippen LogP contribution in [0.4, 0.5) is 10.5 Å². The maximum absolute atomic E-state index is 12.9. The third-order valence-corrected chi connectivity index (χ3v) is 4.90. The fourth-order valence-electron chi connectivity index (χ4n) is 2.66. The number of rotatable bonds is 4. The maximum Gasteiger partial charge on any atom is 0.335 e. The zero-order valence-electron chi connectivity index (χ0n) is 14.7. The molecule has 0 radical (unpaired) electrons. The summed E-state index contributed by atoms with van der Waals surface area (Å²) >= 11 is 3.37. The SMILES string of the molecule is Cc1cc(N2C(=O)NC(=O)/C(=C\c3ccccc3OCC#N)C2=O)ccc1Br. The van der Waals surface area contributed by atoms with Crippen LogP contribution in [0.3, 0.4) is 0 Å². The molecule has 140 valence electrons. The molecule has 0 unspecified atom stereocenters. The molecule has 1 aliphatic rings. The Morgan fingerprint density at radius 2 is 1.96 bits per heavy atom. The Balaban J connectivity index is 2.02. The molecule has 0 bridgehead atoms. The lowest BCUT2D eigenvalue weighted by atomic mass is 10.1. The van der Waals surface area contributed by atoms with Crippen LogP contribution in [-0.4, -0.2) is 24.5 Å². The van der Waals surface area contributed by atoms with Crippen LogP contribution in [0.5, 0.6) is 5.75 Å². The Kier molecular flexibility index (Phi) is 5.57. The summed E-state index contributed by atoms with van der Waals surface area (Å²) in [6.07, 6.45) is 1.34. The molecule has 0 saturated carbocycles. The predicted molar refractivity (Wildman–Crippen MR) is 105 cm³/mol. The number of hydrogen-bond acceptors (Lipinski definition) is 5. The van der Waals surface area contributed by atoms with Crippen LogP contribution in [0, 0.1) is 18.3 Å². The highest BCUT2D eigenvalue weighted by molar-refractivity contribution is 9.10. The minimum absolute atomic E-state index is 0.177. The summed E-state index contributed by atoms with van der Waals surface area (Å²) in [5.41, 5.74) is 1.40. The smallest absolute Gasteiger partial charge is 0.335 e. The first-order chi connectivity index (χ1) is 13.4. The normalized spacial score (nSPS) is 15.4. The Morgan fingerprint density at radius 1 is 1.21 bits per heavy atom. The van der Waals surface area contributed by atoms with Gasteiger partial charge in [-0.05, 0) is 42.8 Å². The van der Waals surface area contributed by atoms with Gasteiger partial charge in [0.25, 0.3) is 11.8 Å². The molecule has 2 aromatic carbocycles. The van der Waals surface area contributed by atoms with E-state index in [9.17, 15) is 14.4 Å². The lowest BCUT2D eigenvalue weighted by Gasteiger charge is -2.26. The molecule has 1 saturated heterocycles. The number of nitriles is 1. The number of barbiturate groups is 1. The first kappa shape index (κ1) is 19.3. The summed E-state index contributed by atoms with van der Waals surface area (Å²) in [5, 5.41) is 10.9. The van der Waals surface area contributed by atoms with Gasteiger partial charge in [-0.15, -0.1) is 0 Å². The van der Waals surface area contributed by atoms with Crippen LogP contribution in [-0.2, 0) is 9.59 Å². The summed E-state index contributed by atoms with van der Waals surface area (Å²) in [4.78, 5) is 38.4. The van der Waals surface area contributed by atoms with E-state index in [-0.39, 0.29) is 12.2 Å². The van der Waals surface area contributed by atoms with E-state index in [0.717, 1.165) is 14.9 Å². The monoisotopic (exact) mass is 439 g/mol. The highest BCUT2D eigenvalue weighted by atomic mass is 79.9. The number of hydrogen-bond donors (Lipinski definition) is 1. The predicted octanol–water partition coefficient (Wildman–Crippen LogP) is 3.33. The number of para-hydroxylation sites is 1. The Hall–Kier alpha value is -3.44. The first-order valence-corrected chi connectivity index (χ1v) is 8.98. The molecule has 0 aromatic heterocycles. The van der Waals surface area contributed by atoms with Gasteiger partial charge in [-0.3, -0.25) is 14.9 Å². The average molecular weight is 440 g/mol. The van der Waals surface area contributed by atoms with Gasteiger partial charge in [-0.25, -0.2) is 9.69 Å². The van der Waals surface area contributed by atoms with Gasteiger partial charge in [0.1, 0.15) is 17.4 Å². The van der Waals surface area contributed by atoms with Crippen molar-refractivity contribution in [1.29, 1.82) is 5.26 Å². The van der Waals surface area contributed by atoms with Crippen LogP contribution in [0.15, 0.2) is 52.5 Å². The van der Waals surface area contributed by atoms with Crippen LogP contribution >= 0.6 is 15.9 Å². The zero-order valence-corrected chi connectivity index (χ0v) is 16.3. The number of nitrogens with one attached hydrogen (secondary N) is 1. The summed E-state index contributed by atoms with van der Waals surface area (Å²) in [6, 6.07) is 12.7. The van der Waals surface area contributed by atoms with Gasteiger partial charge in [0.15, 0.2) is 6.61 Å². The Bertz CT molecular complexity index is 1060. The van der Waals surface area contributed by atoms with Gasteiger partial charge >= 0.3 is 6.03 Å². The summed E-state index contributed by atoms with van der Waals surface area (Å²) in [5.74, 6) is -1.19. The Morgan fingerprint density at radius 3 is 2.68 bits per heavy atom. The number of urea groups is 1. The van der Waals surface area contributed by atoms with E-state index in [1.54, 1.807) is 42.5 Å². The molecule has 1 heterocycles. The third kappa shape index (κ3) is 3.80. The summed E-state index contributed by atoms with van der Waals surface area (Å²) in [6.45, 7) is 1.65. The van der Waals surface area contributed by atoms with E-state index < -0.39 is 17.8 Å². The number of nitrogens with zero attached hydrogens (tertiary/aromatic N) is 2. The van der Waals surface area contributed by atoms with Gasteiger partial charge in [0.05, 0.1) is 5.69 Å². The van der Waals surface area contributed by atoms with E-state index in [1.165, 1.54) is 6.08 Å². The maximum atomic E-state index is 12.9. The fraction of sp³-hybridized carbons (Fsp3) is 0.100. The van der Waals surface area contributed by atoms with Crippen molar-refractivity contribution in [2.24, 2.45) is 0 Å². The van der Waals surface area contributed by atoms with E-state index >= 15 is 0 Å². The van der Waals surface area contributed by atoms with Crippen molar-refractivity contribution < 1.29 is 19.1 Å². The molecule has 3 rings (SSSR count). The molecule has 4 amide bonds. The van der Waals surface area contributed by atoms with Crippen LogP contribution in [0.2, 0.25) is 0 Å². The quantitative estimate of drug-likeness (QED) is 0.581. The number of carbonyl (C=O) groups excluding carboxylic acids is 3. The Labute approximate surface area is 169 Å². The van der Waals surface area contributed by atoms with Crippen LogP contribution in [0.1, 0.15) is 11.1 Å².